The van der Waals surface area contributed by atoms with Crippen LogP contribution in [0.25, 0.3) is 0 Å². The largest absolute Gasteiger partial charge is 0.366 e. The average molecular weight is 158 g/mol. The summed E-state index contributed by atoms with van der Waals surface area (Å²) in [5, 5.41) is 5.80. The van der Waals surface area contributed by atoms with E-state index in [1.165, 1.54) is 0 Å². The number of likely N-dealkylation sites (N-methyl/N-ethyl adjacent to an activating group) is 1. The van der Waals surface area contributed by atoms with Crippen molar-refractivity contribution in [2.75, 3.05) is 26.2 Å². The number of morpholine rings is 1. The number of carbonyl (C=O) groups excluding carboxylic acids is 1. The molecule has 0 radical (unpaired) electrons. The van der Waals surface area contributed by atoms with Gasteiger partial charge in [0.1, 0.15) is 6.10 Å². The topological polar surface area (TPSA) is 50.4 Å². The van der Waals surface area contributed by atoms with E-state index in [1.54, 1.807) is 0 Å². The van der Waals surface area contributed by atoms with E-state index in [0.29, 0.717) is 19.7 Å². The Hall–Kier alpha value is -0.610. The van der Waals surface area contributed by atoms with Crippen molar-refractivity contribution in [3.8, 4) is 0 Å². The summed E-state index contributed by atoms with van der Waals surface area (Å²) in [7, 11) is 0. The molecule has 0 aromatic rings. The van der Waals surface area contributed by atoms with Crippen molar-refractivity contribution in [3.63, 3.8) is 0 Å². The minimum atomic E-state index is -0.288. The molecule has 0 unspecified atom stereocenters. The predicted molar refractivity (Wildman–Crippen MR) is 41.3 cm³/mol. The zero-order valence-corrected chi connectivity index (χ0v) is 6.72. The van der Waals surface area contributed by atoms with Crippen LogP contribution in [0.3, 0.4) is 0 Å². The quantitative estimate of drug-likeness (QED) is 0.548. The molecule has 4 heteroatoms. The van der Waals surface area contributed by atoms with E-state index in [2.05, 4.69) is 10.6 Å². The lowest BCUT2D eigenvalue weighted by Gasteiger charge is -2.22. The zero-order valence-electron chi connectivity index (χ0n) is 6.72. The molecule has 0 aromatic carbocycles. The molecule has 1 fully saturated rings. The Kier molecular flexibility index (Phi) is 3.32. The first kappa shape index (κ1) is 8.49. The Morgan fingerprint density at radius 2 is 2.64 bits per heavy atom. The van der Waals surface area contributed by atoms with Crippen LogP contribution < -0.4 is 10.6 Å². The van der Waals surface area contributed by atoms with Gasteiger partial charge in [-0.15, -0.1) is 0 Å². The van der Waals surface area contributed by atoms with Crippen molar-refractivity contribution in [1.82, 2.24) is 10.6 Å². The van der Waals surface area contributed by atoms with Crippen LogP contribution in [0.2, 0.25) is 0 Å². The third-order valence-electron chi connectivity index (χ3n) is 1.57. The molecule has 1 rings (SSSR count). The summed E-state index contributed by atoms with van der Waals surface area (Å²) in [6.45, 7) is 4.66. The normalized spacial score (nSPS) is 24.6. The fraction of sp³-hybridized carbons (Fsp3) is 0.857. The highest BCUT2D eigenvalue weighted by atomic mass is 16.5. The van der Waals surface area contributed by atoms with Crippen molar-refractivity contribution in [3.05, 3.63) is 0 Å². The van der Waals surface area contributed by atoms with Crippen LogP contribution >= 0.6 is 0 Å². The third kappa shape index (κ3) is 2.48. The summed E-state index contributed by atoms with van der Waals surface area (Å²) < 4.78 is 5.22. The number of rotatable bonds is 2. The molecule has 1 amide bonds. The van der Waals surface area contributed by atoms with Gasteiger partial charge < -0.3 is 15.4 Å². The maximum atomic E-state index is 11.1. The SMILES string of the molecule is CCNC(=O)[C@H]1CNCCO1. The van der Waals surface area contributed by atoms with E-state index in [1.807, 2.05) is 6.92 Å². The Balaban J connectivity index is 2.27. The molecular weight excluding hydrogens is 144 g/mol. The van der Waals surface area contributed by atoms with Crippen molar-refractivity contribution in [1.29, 1.82) is 0 Å². The molecule has 1 atom stereocenters. The summed E-state index contributed by atoms with van der Waals surface area (Å²) in [5.74, 6) is -0.0142. The van der Waals surface area contributed by atoms with Crippen LogP contribution in [0.5, 0.6) is 0 Å². The molecule has 64 valence electrons. The molecule has 2 N–H and O–H groups in total. The van der Waals surface area contributed by atoms with Crippen LogP contribution in [0, 0.1) is 0 Å². The summed E-state index contributed by atoms with van der Waals surface area (Å²) in [4.78, 5) is 11.1. The number of hydrogen-bond acceptors (Lipinski definition) is 3. The molecule has 0 bridgehead atoms. The van der Waals surface area contributed by atoms with Gasteiger partial charge in [-0.05, 0) is 6.92 Å². The molecular formula is C7H14N2O2. The van der Waals surface area contributed by atoms with Gasteiger partial charge in [-0.3, -0.25) is 4.79 Å². The highest BCUT2D eigenvalue weighted by Gasteiger charge is 2.20. The van der Waals surface area contributed by atoms with E-state index in [-0.39, 0.29) is 12.0 Å². The van der Waals surface area contributed by atoms with E-state index >= 15 is 0 Å². The molecule has 0 aliphatic carbocycles. The van der Waals surface area contributed by atoms with Gasteiger partial charge >= 0.3 is 0 Å². The fourth-order valence-electron chi connectivity index (χ4n) is 1.02. The van der Waals surface area contributed by atoms with Gasteiger partial charge in [-0.2, -0.15) is 0 Å². The van der Waals surface area contributed by atoms with E-state index in [9.17, 15) is 4.79 Å². The van der Waals surface area contributed by atoms with E-state index < -0.39 is 0 Å². The molecule has 11 heavy (non-hydrogen) atoms. The van der Waals surface area contributed by atoms with Crippen molar-refractivity contribution >= 4 is 5.91 Å². The summed E-state index contributed by atoms with van der Waals surface area (Å²) >= 11 is 0. The first-order valence-corrected chi connectivity index (χ1v) is 3.94. The monoisotopic (exact) mass is 158 g/mol. The summed E-state index contributed by atoms with van der Waals surface area (Å²) in [6.07, 6.45) is -0.288. The first-order chi connectivity index (χ1) is 5.34. The lowest BCUT2D eigenvalue weighted by molar-refractivity contribution is -0.134. The highest BCUT2D eigenvalue weighted by Crippen LogP contribution is 1.94. The van der Waals surface area contributed by atoms with Crippen LogP contribution in [0.1, 0.15) is 6.92 Å². The second-order valence-corrected chi connectivity index (χ2v) is 2.46. The maximum absolute atomic E-state index is 11.1. The molecule has 0 saturated carbocycles. The van der Waals surface area contributed by atoms with Crippen molar-refractivity contribution in [2.45, 2.75) is 13.0 Å². The number of carbonyl (C=O) groups is 1. The number of hydrogen-bond donors (Lipinski definition) is 2. The van der Waals surface area contributed by atoms with Gasteiger partial charge in [0.15, 0.2) is 0 Å². The van der Waals surface area contributed by atoms with Gasteiger partial charge in [-0.25, -0.2) is 0 Å². The minimum Gasteiger partial charge on any atom is -0.366 e. The Labute approximate surface area is 66.3 Å². The predicted octanol–water partition coefficient (Wildman–Crippen LogP) is -0.889. The minimum absolute atomic E-state index is 0.0142. The summed E-state index contributed by atoms with van der Waals surface area (Å²) in [5.41, 5.74) is 0. The zero-order chi connectivity index (χ0) is 8.10. The van der Waals surface area contributed by atoms with Crippen LogP contribution in [0.15, 0.2) is 0 Å². The number of ether oxygens (including phenoxy) is 1. The number of nitrogens with one attached hydrogen (secondary N) is 2. The number of amides is 1. The molecule has 1 saturated heterocycles. The van der Waals surface area contributed by atoms with E-state index in [0.717, 1.165) is 6.54 Å². The molecule has 4 nitrogen and oxygen atoms in total. The van der Waals surface area contributed by atoms with Gasteiger partial charge in [0.2, 0.25) is 5.91 Å². The lowest BCUT2D eigenvalue weighted by atomic mass is 10.3. The average Bonchev–Trinajstić information content (AvgIpc) is 2.07. The first-order valence-electron chi connectivity index (χ1n) is 3.94. The Morgan fingerprint density at radius 3 is 3.18 bits per heavy atom. The molecule has 1 aliphatic rings. The molecule has 0 aromatic heterocycles. The second-order valence-electron chi connectivity index (χ2n) is 2.46. The van der Waals surface area contributed by atoms with Crippen LogP contribution in [0.4, 0.5) is 0 Å². The Morgan fingerprint density at radius 1 is 1.82 bits per heavy atom. The second kappa shape index (κ2) is 4.31. The molecule has 1 heterocycles. The maximum Gasteiger partial charge on any atom is 0.250 e. The fourth-order valence-corrected chi connectivity index (χ4v) is 1.02. The highest BCUT2D eigenvalue weighted by molar-refractivity contribution is 5.81. The van der Waals surface area contributed by atoms with Gasteiger partial charge in [0, 0.05) is 19.6 Å². The van der Waals surface area contributed by atoms with Gasteiger partial charge in [0.25, 0.3) is 0 Å². The Bertz CT molecular complexity index is 132. The standard InChI is InChI=1S/C7H14N2O2/c1-2-9-7(10)6-5-8-3-4-11-6/h6,8H,2-5H2,1H3,(H,9,10)/t6-/m1/s1. The summed E-state index contributed by atoms with van der Waals surface area (Å²) in [6, 6.07) is 0. The van der Waals surface area contributed by atoms with Crippen molar-refractivity contribution < 1.29 is 9.53 Å². The molecule has 1 aliphatic heterocycles. The molecule has 0 spiro atoms. The lowest BCUT2D eigenvalue weighted by Crippen LogP contribution is -2.47. The van der Waals surface area contributed by atoms with Crippen LogP contribution in [-0.4, -0.2) is 38.3 Å². The van der Waals surface area contributed by atoms with Gasteiger partial charge in [0.05, 0.1) is 6.61 Å². The third-order valence-corrected chi connectivity index (χ3v) is 1.57. The smallest absolute Gasteiger partial charge is 0.250 e. The van der Waals surface area contributed by atoms with E-state index in [4.69, 9.17) is 4.74 Å². The van der Waals surface area contributed by atoms with Crippen molar-refractivity contribution in [2.24, 2.45) is 0 Å². The van der Waals surface area contributed by atoms with Gasteiger partial charge in [-0.1, -0.05) is 0 Å². The van der Waals surface area contributed by atoms with Crippen LogP contribution in [-0.2, 0) is 9.53 Å².